The van der Waals surface area contributed by atoms with Crippen molar-refractivity contribution in [2.24, 2.45) is 5.10 Å². The summed E-state index contributed by atoms with van der Waals surface area (Å²) in [6.45, 7) is 6.33. The maximum Gasteiger partial charge on any atom is 0.329 e. The van der Waals surface area contributed by atoms with Gasteiger partial charge in [-0.05, 0) is 61.2 Å². The summed E-state index contributed by atoms with van der Waals surface area (Å²) in [6.07, 6.45) is 1.46. The lowest BCUT2D eigenvalue weighted by Crippen LogP contribution is -2.32. The summed E-state index contributed by atoms with van der Waals surface area (Å²) in [7, 11) is 0. The number of rotatable bonds is 6. The highest BCUT2D eigenvalue weighted by Crippen LogP contribution is 2.17. The molecule has 0 spiro atoms. The number of hydrogen-bond acceptors (Lipinski definition) is 4. The van der Waals surface area contributed by atoms with Gasteiger partial charge in [0.1, 0.15) is 12.4 Å². The van der Waals surface area contributed by atoms with Gasteiger partial charge in [-0.15, -0.1) is 0 Å². The molecule has 0 radical (unpaired) electrons. The van der Waals surface area contributed by atoms with Crippen LogP contribution in [0.2, 0.25) is 0 Å². The predicted octanol–water partition coefficient (Wildman–Crippen LogP) is 4.28. The fourth-order valence-corrected chi connectivity index (χ4v) is 2.97. The molecule has 158 valence electrons. The van der Waals surface area contributed by atoms with Crippen molar-refractivity contribution in [3.63, 3.8) is 0 Å². The van der Waals surface area contributed by atoms with E-state index in [0.29, 0.717) is 18.0 Å². The average molecular weight is 415 g/mol. The van der Waals surface area contributed by atoms with Gasteiger partial charge in [0, 0.05) is 5.69 Å². The van der Waals surface area contributed by atoms with Crippen LogP contribution in [0.25, 0.3) is 0 Å². The minimum absolute atomic E-state index is 0.461. The van der Waals surface area contributed by atoms with Crippen molar-refractivity contribution in [1.82, 2.24) is 5.43 Å². The van der Waals surface area contributed by atoms with E-state index in [1.54, 1.807) is 6.07 Å². The van der Waals surface area contributed by atoms with Crippen LogP contribution in [0, 0.1) is 20.8 Å². The number of carbonyl (C=O) groups is 2. The lowest BCUT2D eigenvalue weighted by atomic mass is 10.1. The Labute approximate surface area is 182 Å². The first-order valence-electron chi connectivity index (χ1n) is 9.91. The zero-order valence-electron chi connectivity index (χ0n) is 17.8. The number of hydrogen-bond donors (Lipinski definition) is 2. The van der Waals surface area contributed by atoms with Gasteiger partial charge in [-0.25, -0.2) is 5.43 Å². The summed E-state index contributed by atoms with van der Waals surface area (Å²) in [5.41, 5.74) is 7.81. The van der Waals surface area contributed by atoms with Crippen molar-refractivity contribution in [3.05, 3.63) is 94.5 Å². The number of ether oxygens (including phenoxy) is 1. The number of amides is 2. The Balaban J connectivity index is 1.54. The Kier molecular flexibility index (Phi) is 7.17. The molecule has 0 unspecified atom stereocenters. The van der Waals surface area contributed by atoms with Crippen molar-refractivity contribution in [3.8, 4) is 5.75 Å². The zero-order chi connectivity index (χ0) is 22.2. The van der Waals surface area contributed by atoms with Crippen LogP contribution < -0.4 is 15.5 Å². The van der Waals surface area contributed by atoms with Crippen LogP contribution in [-0.4, -0.2) is 18.0 Å². The minimum Gasteiger partial charge on any atom is -0.489 e. The van der Waals surface area contributed by atoms with Crippen LogP contribution in [0.4, 0.5) is 5.69 Å². The summed E-state index contributed by atoms with van der Waals surface area (Å²) in [6, 6.07) is 20.9. The first-order valence-corrected chi connectivity index (χ1v) is 9.91. The van der Waals surface area contributed by atoms with Gasteiger partial charge in [-0.3, -0.25) is 9.59 Å². The Morgan fingerprint density at radius 3 is 2.48 bits per heavy atom. The number of hydrazone groups is 1. The standard InChI is InChI=1S/C25H25N3O3/c1-17-11-12-23(19(3)13-17)27-24(29)25(30)28-26-15-20-8-6-10-22(14-20)31-16-21-9-5-4-7-18(21)2/h4-15H,16H2,1-3H3,(H,27,29)(H,28,30)/b26-15+. The Morgan fingerprint density at radius 1 is 0.903 bits per heavy atom. The van der Waals surface area contributed by atoms with E-state index in [9.17, 15) is 9.59 Å². The Morgan fingerprint density at radius 2 is 1.71 bits per heavy atom. The lowest BCUT2D eigenvalue weighted by Gasteiger charge is -2.09. The maximum absolute atomic E-state index is 12.1. The van der Waals surface area contributed by atoms with Crippen molar-refractivity contribution in [1.29, 1.82) is 0 Å². The molecule has 0 bridgehead atoms. The number of benzene rings is 3. The van der Waals surface area contributed by atoms with Gasteiger partial charge in [0.05, 0.1) is 6.21 Å². The summed E-state index contributed by atoms with van der Waals surface area (Å²) in [5, 5.41) is 6.46. The smallest absolute Gasteiger partial charge is 0.329 e. The van der Waals surface area contributed by atoms with Gasteiger partial charge in [0.25, 0.3) is 0 Å². The molecule has 6 heteroatoms. The second-order valence-electron chi connectivity index (χ2n) is 7.26. The fraction of sp³-hybridized carbons (Fsp3) is 0.160. The highest BCUT2D eigenvalue weighted by Gasteiger charge is 2.13. The van der Waals surface area contributed by atoms with Crippen LogP contribution in [0.3, 0.4) is 0 Å². The third kappa shape index (κ3) is 6.27. The number of aryl methyl sites for hydroxylation is 3. The zero-order valence-corrected chi connectivity index (χ0v) is 17.8. The van der Waals surface area contributed by atoms with E-state index < -0.39 is 11.8 Å². The van der Waals surface area contributed by atoms with Gasteiger partial charge in [-0.1, -0.05) is 54.1 Å². The number of carbonyl (C=O) groups excluding carboxylic acids is 2. The van der Waals surface area contributed by atoms with Crippen molar-refractivity contribution >= 4 is 23.7 Å². The molecular formula is C25H25N3O3. The largest absolute Gasteiger partial charge is 0.489 e. The molecular weight excluding hydrogens is 390 g/mol. The molecule has 6 nitrogen and oxygen atoms in total. The molecule has 31 heavy (non-hydrogen) atoms. The molecule has 0 aromatic heterocycles. The molecule has 0 atom stereocenters. The summed E-state index contributed by atoms with van der Waals surface area (Å²) < 4.78 is 5.85. The van der Waals surface area contributed by atoms with E-state index in [-0.39, 0.29) is 0 Å². The molecule has 0 aliphatic heterocycles. The van der Waals surface area contributed by atoms with Crippen LogP contribution >= 0.6 is 0 Å². The van der Waals surface area contributed by atoms with Crippen molar-refractivity contribution < 1.29 is 14.3 Å². The van der Waals surface area contributed by atoms with E-state index in [4.69, 9.17) is 4.74 Å². The number of nitrogens with zero attached hydrogens (tertiary/aromatic N) is 1. The Hall–Kier alpha value is -3.93. The maximum atomic E-state index is 12.1. The summed E-state index contributed by atoms with van der Waals surface area (Å²) in [4.78, 5) is 24.1. The number of nitrogens with one attached hydrogen (secondary N) is 2. The van der Waals surface area contributed by atoms with Crippen LogP contribution in [0.5, 0.6) is 5.75 Å². The molecule has 3 aromatic carbocycles. The second kappa shape index (κ2) is 10.2. The second-order valence-corrected chi connectivity index (χ2v) is 7.26. The lowest BCUT2D eigenvalue weighted by molar-refractivity contribution is -0.136. The first kappa shape index (κ1) is 21.8. The van der Waals surface area contributed by atoms with Crippen LogP contribution in [0.15, 0.2) is 71.8 Å². The normalized spacial score (nSPS) is 10.7. The third-order valence-electron chi connectivity index (χ3n) is 4.73. The monoisotopic (exact) mass is 415 g/mol. The molecule has 2 amide bonds. The molecule has 0 aliphatic rings. The van der Waals surface area contributed by atoms with Crippen molar-refractivity contribution in [2.45, 2.75) is 27.4 Å². The molecule has 0 heterocycles. The molecule has 0 saturated heterocycles. The highest BCUT2D eigenvalue weighted by atomic mass is 16.5. The molecule has 3 aromatic rings. The predicted molar refractivity (Wildman–Crippen MR) is 122 cm³/mol. The average Bonchev–Trinajstić information content (AvgIpc) is 2.75. The summed E-state index contributed by atoms with van der Waals surface area (Å²) >= 11 is 0. The molecule has 3 rings (SSSR count). The van der Waals surface area contributed by atoms with Crippen LogP contribution in [0.1, 0.15) is 27.8 Å². The van der Waals surface area contributed by atoms with Gasteiger partial charge >= 0.3 is 11.8 Å². The van der Waals surface area contributed by atoms with E-state index in [1.165, 1.54) is 11.8 Å². The molecule has 0 saturated carbocycles. The summed E-state index contributed by atoms with van der Waals surface area (Å²) in [5.74, 6) is -0.936. The molecule has 2 N–H and O–H groups in total. The van der Waals surface area contributed by atoms with Gasteiger partial charge in [0.15, 0.2) is 0 Å². The first-order chi connectivity index (χ1) is 14.9. The van der Waals surface area contributed by atoms with E-state index in [1.807, 2.05) is 81.4 Å². The quantitative estimate of drug-likeness (QED) is 0.358. The third-order valence-corrected chi connectivity index (χ3v) is 4.73. The van der Waals surface area contributed by atoms with E-state index >= 15 is 0 Å². The molecule has 0 aliphatic carbocycles. The van der Waals surface area contributed by atoms with Gasteiger partial charge in [-0.2, -0.15) is 5.10 Å². The SMILES string of the molecule is Cc1ccc(NC(=O)C(=O)N/N=C/c2cccc(OCc3ccccc3C)c2)c(C)c1. The minimum atomic E-state index is -0.844. The number of anilines is 1. The topological polar surface area (TPSA) is 79.8 Å². The fourth-order valence-electron chi connectivity index (χ4n) is 2.97. The Bertz CT molecular complexity index is 1120. The van der Waals surface area contributed by atoms with Crippen molar-refractivity contribution in [2.75, 3.05) is 5.32 Å². The van der Waals surface area contributed by atoms with E-state index in [2.05, 4.69) is 15.8 Å². The molecule has 0 fully saturated rings. The van der Waals surface area contributed by atoms with Gasteiger partial charge < -0.3 is 10.1 Å². The van der Waals surface area contributed by atoms with Gasteiger partial charge in [0.2, 0.25) is 0 Å². The highest BCUT2D eigenvalue weighted by molar-refractivity contribution is 6.39. The van der Waals surface area contributed by atoms with E-state index in [0.717, 1.165) is 22.3 Å². The van der Waals surface area contributed by atoms with Crippen LogP contribution in [-0.2, 0) is 16.2 Å².